The Morgan fingerprint density at radius 1 is 1.22 bits per heavy atom. The van der Waals surface area contributed by atoms with E-state index < -0.39 is 0 Å². The number of ether oxygens (including phenoxy) is 1. The molecule has 1 aliphatic carbocycles. The number of hydrogen-bond acceptors (Lipinski definition) is 5. The molecule has 1 aliphatic heterocycles. The van der Waals surface area contributed by atoms with E-state index in [2.05, 4.69) is 5.32 Å². The smallest absolute Gasteiger partial charge is 0.289 e. The summed E-state index contributed by atoms with van der Waals surface area (Å²) >= 11 is 1.02. The highest BCUT2D eigenvalue weighted by Gasteiger charge is 2.29. The van der Waals surface area contributed by atoms with Gasteiger partial charge in [0.2, 0.25) is 5.91 Å². The van der Waals surface area contributed by atoms with Gasteiger partial charge in [-0.1, -0.05) is 43.2 Å². The second-order valence-corrected chi connectivity index (χ2v) is 7.90. The quantitative estimate of drug-likeness (QED) is 0.689. The zero-order valence-electron chi connectivity index (χ0n) is 15.4. The zero-order chi connectivity index (χ0) is 19.1. The monoisotopic (exact) mass is 390 g/mol. The highest BCUT2D eigenvalue weighted by Crippen LogP contribution is 2.22. The number of amides is 3. The van der Waals surface area contributed by atoms with E-state index in [0.717, 1.165) is 36.6 Å². The fourth-order valence-electron chi connectivity index (χ4n) is 3.39. The van der Waals surface area contributed by atoms with Crippen LogP contribution in [0.15, 0.2) is 24.3 Å². The number of rotatable bonds is 8. The van der Waals surface area contributed by atoms with Gasteiger partial charge in [0.1, 0.15) is 0 Å². The summed E-state index contributed by atoms with van der Waals surface area (Å²) in [7, 11) is 0. The number of benzene rings is 1. The summed E-state index contributed by atoms with van der Waals surface area (Å²) in [4.78, 5) is 37.0. The third-order valence-corrected chi connectivity index (χ3v) is 5.74. The van der Waals surface area contributed by atoms with Crippen LogP contribution in [0.4, 0.5) is 4.79 Å². The van der Waals surface area contributed by atoms with E-state index in [1.807, 2.05) is 6.07 Å². The number of carbonyl (C=O) groups excluding carboxylic acids is 3. The van der Waals surface area contributed by atoms with Gasteiger partial charge in [0, 0.05) is 18.7 Å². The molecular weight excluding hydrogens is 364 g/mol. The van der Waals surface area contributed by atoms with Crippen LogP contribution in [0.2, 0.25) is 0 Å². The van der Waals surface area contributed by atoms with Gasteiger partial charge in [0.05, 0.1) is 18.4 Å². The number of thioether (sulfide) groups is 1. The summed E-state index contributed by atoms with van der Waals surface area (Å²) < 4.78 is 5.86. The number of imide groups is 1. The number of hydrogen-bond donors (Lipinski definition) is 1. The van der Waals surface area contributed by atoms with Crippen molar-refractivity contribution < 1.29 is 19.1 Å². The first-order valence-corrected chi connectivity index (χ1v) is 10.6. The number of nitrogens with zero attached hydrogens (tertiary/aromatic N) is 1. The van der Waals surface area contributed by atoms with Crippen LogP contribution in [0.1, 0.15) is 54.4 Å². The maximum absolute atomic E-state index is 12.3. The van der Waals surface area contributed by atoms with E-state index in [4.69, 9.17) is 4.74 Å². The predicted molar refractivity (Wildman–Crippen MR) is 105 cm³/mol. The summed E-state index contributed by atoms with van der Waals surface area (Å²) in [5, 5.41) is 2.68. The molecule has 0 spiro atoms. The summed E-state index contributed by atoms with van der Waals surface area (Å²) in [6.07, 6.45) is 7.31. The van der Waals surface area contributed by atoms with Gasteiger partial charge < -0.3 is 10.1 Å². The SMILES string of the molecule is O=C(NCCCOC1CCCCC1)c1cccc(CN2C(=O)CSC2=O)c1. The second kappa shape index (κ2) is 9.90. The van der Waals surface area contributed by atoms with Crippen LogP contribution in [0, 0.1) is 0 Å². The molecule has 1 heterocycles. The Kier molecular flexibility index (Phi) is 7.29. The lowest BCUT2D eigenvalue weighted by Gasteiger charge is -2.21. The molecule has 7 heteroatoms. The van der Waals surface area contributed by atoms with Gasteiger partial charge in [-0.3, -0.25) is 19.3 Å². The van der Waals surface area contributed by atoms with Crippen LogP contribution in [0.5, 0.6) is 0 Å². The van der Waals surface area contributed by atoms with Crippen LogP contribution in [0.25, 0.3) is 0 Å². The van der Waals surface area contributed by atoms with Crippen molar-refractivity contribution in [1.29, 1.82) is 0 Å². The third-order valence-electron chi connectivity index (χ3n) is 4.88. The van der Waals surface area contributed by atoms with Crippen LogP contribution in [-0.4, -0.2) is 47.0 Å². The Labute approximate surface area is 164 Å². The van der Waals surface area contributed by atoms with Crippen LogP contribution >= 0.6 is 11.8 Å². The van der Waals surface area contributed by atoms with Gasteiger partial charge >= 0.3 is 0 Å². The molecule has 0 radical (unpaired) electrons. The highest BCUT2D eigenvalue weighted by atomic mass is 32.2. The molecular formula is C20H26N2O4S. The third kappa shape index (κ3) is 5.81. The largest absolute Gasteiger partial charge is 0.378 e. The Balaban J connectivity index is 1.41. The Morgan fingerprint density at radius 2 is 2.04 bits per heavy atom. The average Bonchev–Trinajstić information content (AvgIpc) is 3.00. The first kappa shape index (κ1) is 19.9. The minimum absolute atomic E-state index is 0.150. The molecule has 0 atom stereocenters. The van der Waals surface area contributed by atoms with Crippen molar-refractivity contribution in [2.45, 2.75) is 51.2 Å². The zero-order valence-corrected chi connectivity index (χ0v) is 16.3. The standard InChI is InChI=1S/C20H26N2O4S/c23-18-14-27-20(25)22(18)13-15-6-4-7-16(12-15)19(24)21-10-5-11-26-17-8-2-1-3-9-17/h4,6-7,12,17H,1-3,5,8-11,13-14H2,(H,21,24). The minimum Gasteiger partial charge on any atom is -0.378 e. The van der Waals surface area contributed by atoms with E-state index in [9.17, 15) is 14.4 Å². The summed E-state index contributed by atoms with van der Waals surface area (Å²) in [6, 6.07) is 7.06. The average molecular weight is 391 g/mol. The van der Waals surface area contributed by atoms with Crippen molar-refractivity contribution in [3.8, 4) is 0 Å². The van der Waals surface area contributed by atoms with Crippen LogP contribution in [0.3, 0.4) is 0 Å². The van der Waals surface area contributed by atoms with Crippen molar-refractivity contribution in [1.82, 2.24) is 10.2 Å². The second-order valence-electron chi connectivity index (χ2n) is 6.98. The van der Waals surface area contributed by atoms with Gasteiger partial charge in [-0.05, 0) is 37.0 Å². The molecule has 2 fully saturated rings. The molecule has 0 aromatic heterocycles. The van der Waals surface area contributed by atoms with Crippen LogP contribution in [-0.2, 0) is 16.1 Å². The van der Waals surface area contributed by atoms with E-state index in [1.54, 1.807) is 18.2 Å². The fourth-order valence-corrected chi connectivity index (χ4v) is 4.11. The van der Waals surface area contributed by atoms with Gasteiger partial charge in [0.15, 0.2) is 0 Å². The lowest BCUT2D eigenvalue weighted by Crippen LogP contribution is -2.28. The topological polar surface area (TPSA) is 75.7 Å². The van der Waals surface area contributed by atoms with E-state index >= 15 is 0 Å². The van der Waals surface area contributed by atoms with Crippen molar-refractivity contribution in [2.75, 3.05) is 18.9 Å². The minimum atomic E-state index is -0.229. The van der Waals surface area contributed by atoms with Crippen molar-refractivity contribution in [3.05, 3.63) is 35.4 Å². The van der Waals surface area contributed by atoms with E-state index in [1.165, 1.54) is 24.2 Å². The molecule has 1 aromatic carbocycles. The Morgan fingerprint density at radius 3 is 2.78 bits per heavy atom. The summed E-state index contributed by atoms with van der Waals surface area (Å²) in [5.41, 5.74) is 1.31. The first-order chi connectivity index (χ1) is 13.1. The predicted octanol–water partition coefficient (Wildman–Crippen LogP) is 3.35. The van der Waals surface area contributed by atoms with Crippen LogP contribution < -0.4 is 5.32 Å². The molecule has 2 aliphatic rings. The number of nitrogens with one attached hydrogen (secondary N) is 1. The highest BCUT2D eigenvalue weighted by molar-refractivity contribution is 8.14. The summed E-state index contributed by atoms with van der Waals surface area (Å²) in [5.74, 6) is -0.136. The lowest BCUT2D eigenvalue weighted by molar-refractivity contribution is -0.125. The molecule has 0 bridgehead atoms. The maximum atomic E-state index is 12.3. The molecule has 3 rings (SSSR count). The first-order valence-electron chi connectivity index (χ1n) is 9.59. The number of carbonyl (C=O) groups is 3. The molecule has 0 unspecified atom stereocenters. The Bertz CT molecular complexity index is 672. The van der Waals surface area contributed by atoms with E-state index in [-0.39, 0.29) is 29.4 Å². The van der Waals surface area contributed by atoms with Gasteiger partial charge in [-0.2, -0.15) is 0 Å². The molecule has 27 heavy (non-hydrogen) atoms. The molecule has 1 N–H and O–H groups in total. The van der Waals surface area contributed by atoms with Gasteiger partial charge in [-0.15, -0.1) is 0 Å². The summed E-state index contributed by atoms with van der Waals surface area (Å²) in [6.45, 7) is 1.44. The van der Waals surface area contributed by atoms with Gasteiger partial charge in [-0.25, -0.2) is 0 Å². The molecule has 1 aromatic rings. The van der Waals surface area contributed by atoms with Crippen molar-refractivity contribution in [3.63, 3.8) is 0 Å². The van der Waals surface area contributed by atoms with Crippen molar-refractivity contribution >= 4 is 28.8 Å². The van der Waals surface area contributed by atoms with E-state index in [0.29, 0.717) is 24.8 Å². The van der Waals surface area contributed by atoms with Gasteiger partial charge in [0.25, 0.3) is 11.1 Å². The Hall–Kier alpha value is -1.86. The normalized spacial score (nSPS) is 18.1. The molecule has 1 saturated heterocycles. The molecule has 1 saturated carbocycles. The van der Waals surface area contributed by atoms with Crippen molar-refractivity contribution in [2.24, 2.45) is 0 Å². The fraction of sp³-hybridized carbons (Fsp3) is 0.550. The molecule has 6 nitrogen and oxygen atoms in total. The maximum Gasteiger partial charge on any atom is 0.289 e. The lowest BCUT2D eigenvalue weighted by atomic mass is 9.98. The molecule has 3 amide bonds. The molecule has 146 valence electrons.